The Kier molecular flexibility index (Phi) is 6.96. The molecule has 0 aliphatic rings. The number of halogens is 4. The maximum absolute atomic E-state index is 12.1. The summed E-state index contributed by atoms with van der Waals surface area (Å²) < 4.78 is 36.2. The maximum Gasteiger partial charge on any atom is 0.414 e. The Bertz CT molecular complexity index is 497. The SMILES string of the molecule is C[C@@H](Cc1cccc(Cl)c1)NC(=O)NCC[C@H](O)C(F)(F)F. The van der Waals surface area contributed by atoms with Crippen molar-refractivity contribution in [3.8, 4) is 0 Å². The standard InChI is InChI=1S/C14H18ClF3N2O2/c1-9(7-10-3-2-4-11(15)8-10)20-13(22)19-6-5-12(21)14(16,17)18/h2-4,8-9,12,21H,5-7H2,1H3,(H2,19,20,22)/t9-,12-/m0/s1. The van der Waals surface area contributed by atoms with E-state index in [1.54, 1.807) is 25.1 Å². The first-order valence-corrected chi connectivity index (χ1v) is 7.10. The van der Waals surface area contributed by atoms with Crippen LogP contribution in [0.5, 0.6) is 0 Å². The second-order valence-corrected chi connectivity index (χ2v) is 5.42. The van der Waals surface area contributed by atoms with Gasteiger partial charge in [-0.1, -0.05) is 23.7 Å². The molecule has 1 aromatic rings. The van der Waals surface area contributed by atoms with Gasteiger partial charge in [0.15, 0.2) is 6.10 Å². The molecule has 0 aromatic heterocycles. The second-order valence-electron chi connectivity index (χ2n) is 4.98. The minimum absolute atomic E-state index is 0.217. The fraction of sp³-hybridized carbons (Fsp3) is 0.500. The first kappa shape index (κ1) is 18.6. The number of nitrogens with one attached hydrogen (secondary N) is 2. The summed E-state index contributed by atoms with van der Waals surface area (Å²) in [7, 11) is 0. The lowest BCUT2D eigenvalue weighted by molar-refractivity contribution is -0.204. The summed E-state index contributed by atoms with van der Waals surface area (Å²) in [4.78, 5) is 11.5. The molecular formula is C14H18ClF3N2O2. The second kappa shape index (κ2) is 8.24. The van der Waals surface area contributed by atoms with Crippen LogP contribution in [0.2, 0.25) is 5.02 Å². The van der Waals surface area contributed by atoms with Crippen LogP contribution in [0.3, 0.4) is 0 Å². The molecule has 22 heavy (non-hydrogen) atoms. The Morgan fingerprint density at radius 2 is 2.09 bits per heavy atom. The van der Waals surface area contributed by atoms with Gasteiger partial charge in [0.05, 0.1) is 0 Å². The molecule has 0 spiro atoms. The fourth-order valence-electron chi connectivity index (χ4n) is 1.83. The van der Waals surface area contributed by atoms with Crippen LogP contribution in [0.1, 0.15) is 18.9 Å². The predicted molar refractivity (Wildman–Crippen MR) is 77.8 cm³/mol. The molecule has 4 nitrogen and oxygen atoms in total. The largest absolute Gasteiger partial charge is 0.414 e. The van der Waals surface area contributed by atoms with Crippen molar-refractivity contribution in [1.29, 1.82) is 0 Å². The minimum atomic E-state index is -4.67. The van der Waals surface area contributed by atoms with E-state index >= 15 is 0 Å². The highest BCUT2D eigenvalue weighted by Crippen LogP contribution is 2.21. The summed E-state index contributed by atoms with van der Waals surface area (Å²) in [6, 6.07) is 6.37. The number of alkyl halides is 3. The van der Waals surface area contributed by atoms with Crippen molar-refractivity contribution < 1.29 is 23.1 Å². The number of aliphatic hydroxyl groups is 1. The highest BCUT2D eigenvalue weighted by Gasteiger charge is 2.37. The molecule has 2 amide bonds. The number of rotatable bonds is 6. The molecule has 0 radical (unpaired) electrons. The monoisotopic (exact) mass is 338 g/mol. The van der Waals surface area contributed by atoms with Crippen molar-refractivity contribution in [3.05, 3.63) is 34.9 Å². The average molecular weight is 339 g/mol. The normalized spacial score (nSPS) is 14.3. The van der Waals surface area contributed by atoms with Crippen molar-refractivity contribution in [2.24, 2.45) is 0 Å². The van der Waals surface area contributed by atoms with Crippen LogP contribution in [-0.4, -0.2) is 36.0 Å². The third-order valence-corrected chi connectivity index (χ3v) is 3.12. The van der Waals surface area contributed by atoms with Crippen LogP contribution >= 0.6 is 11.6 Å². The van der Waals surface area contributed by atoms with Gasteiger partial charge in [-0.2, -0.15) is 13.2 Å². The molecule has 0 heterocycles. The lowest BCUT2D eigenvalue weighted by Gasteiger charge is -2.17. The molecular weight excluding hydrogens is 321 g/mol. The van der Waals surface area contributed by atoms with Crippen molar-refractivity contribution in [3.63, 3.8) is 0 Å². The first-order valence-electron chi connectivity index (χ1n) is 6.72. The van der Waals surface area contributed by atoms with Crippen molar-refractivity contribution in [2.45, 2.75) is 38.1 Å². The molecule has 0 bridgehead atoms. The predicted octanol–water partition coefficient (Wildman–Crippen LogP) is 2.88. The highest BCUT2D eigenvalue weighted by molar-refractivity contribution is 6.30. The lowest BCUT2D eigenvalue weighted by atomic mass is 10.1. The van der Waals surface area contributed by atoms with Crippen LogP contribution in [0.15, 0.2) is 24.3 Å². The van der Waals surface area contributed by atoms with E-state index in [0.29, 0.717) is 11.4 Å². The summed E-state index contributed by atoms with van der Waals surface area (Å²) in [5.74, 6) is 0. The van der Waals surface area contributed by atoms with Gasteiger partial charge >= 0.3 is 12.2 Å². The lowest BCUT2D eigenvalue weighted by Crippen LogP contribution is -2.43. The number of urea groups is 1. The van der Waals surface area contributed by atoms with Gasteiger partial charge in [-0.05, 0) is 37.5 Å². The Balaban J connectivity index is 2.30. The molecule has 3 N–H and O–H groups in total. The molecule has 0 aliphatic carbocycles. The zero-order valence-corrected chi connectivity index (χ0v) is 12.7. The van der Waals surface area contributed by atoms with Gasteiger partial charge in [0, 0.05) is 17.6 Å². The van der Waals surface area contributed by atoms with Crippen LogP contribution in [0.4, 0.5) is 18.0 Å². The van der Waals surface area contributed by atoms with E-state index < -0.39 is 24.7 Å². The molecule has 124 valence electrons. The number of carbonyl (C=O) groups excluding carboxylic acids is 1. The summed E-state index contributed by atoms with van der Waals surface area (Å²) >= 11 is 5.85. The van der Waals surface area contributed by atoms with Crippen LogP contribution in [0, 0.1) is 0 Å². The van der Waals surface area contributed by atoms with Gasteiger partial charge in [-0.25, -0.2) is 4.79 Å². The number of hydrogen-bond acceptors (Lipinski definition) is 2. The zero-order chi connectivity index (χ0) is 16.8. The van der Waals surface area contributed by atoms with Crippen LogP contribution in [-0.2, 0) is 6.42 Å². The quantitative estimate of drug-likeness (QED) is 0.747. The Morgan fingerprint density at radius 1 is 1.41 bits per heavy atom. The zero-order valence-electron chi connectivity index (χ0n) is 12.0. The molecule has 8 heteroatoms. The van der Waals surface area contributed by atoms with Crippen LogP contribution < -0.4 is 10.6 Å². The summed E-state index contributed by atoms with van der Waals surface area (Å²) in [5.41, 5.74) is 0.938. The molecule has 1 rings (SSSR count). The maximum atomic E-state index is 12.1. The summed E-state index contributed by atoms with van der Waals surface area (Å²) in [6.07, 6.45) is -7.15. The number of amides is 2. The molecule has 2 atom stereocenters. The highest BCUT2D eigenvalue weighted by atomic mass is 35.5. The van der Waals surface area contributed by atoms with E-state index in [0.717, 1.165) is 5.56 Å². The van der Waals surface area contributed by atoms with E-state index in [-0.39, 0.29) is 12.6 Å². The number of benzene rings is 1. The van der Waals surface area contributed by atoms with Gasteiger partial charge in [-0.3, -0.25) is 0 Å². The Hall–Kier alpha value is -1.47. The third-order valence-electron chi connectivity index (χ3n) is 2.89. The Morgan fingerprint density at radius 3 is 2.68 bits per heavy atom. The Labute approximate surface area is 131 Å². The molecule has 0 unspecified atom stereocenters. The molecule has 0 fully saturated rings. The van der Waals surface area contributed by atoms with Crippen molar-refractivity contribution in [1.82, 2.24) is 10.6 Å². The van der Waals surface area contributed by atoms with E-state index in [4.69, 9.17) is 16.7 Å². The molecule has 0 aliphatic heterocycles. The van der Waals surface area contributed by atoms with E-state index in [1.807, 2.05) is 6.07 Å². The first-order chi connectivity index (χ1) is 10.2. The van der Waals surface area contributed by atoms with Gasteiger partial charge in [0.25, 0.3) is 0 Å². The van der Waals surface area contributed by atoms with Crippen LogP contribution in [0.25, 0.3) is 0 Å². The summed E-state index contributed by atoms with van der Waals surface area (Å²) in [6.45, 7) is 1.50. The van der Waals surface area contributed by atoms with E-state index in [1.165, 1.54) is 0 Å². The number of hydrogen-bond donors (Lipinski definition) is 3. The smallest absolute Gasteiger partial charge is 0.384 e. The van der Waals surface area contributed by atoms with E-state index in [2.05, 4.69) is 10.6 Å². The minimum Gasteiger partial charge on any atom is -0.384 e. The van der Waals surface area contributed by atoms with Crippen molar-refractivity contribution >= 4 is 17.6 Å². The van der Waals surface area contributed by atoms with Gasteiger partial charge in [0.2, 0.25) is 0 Å². The molecule has 0 saturated heterocycles. The van der Waals surface area contributed by atoms with Gasteiger partial charge < -0.3 is 15.7 Å². The van der Waals surface area contributed by atoms with Gasteiger partial charge in [0.1, 0.15) is 0 Å². The third kappa shape index (κ3) is 7.00. The fourth-order valence-corrected chi connectivity index (χ4v) is 2.04. The average Bonchev–Trinajstić information content (AvgIpc) is 2.37. The summed E-state index contributed by atoms with van der Waals surface area (Å²) in [5, 5.41) is 14.3. The van der Waals surface area contributed by atoms with Crippen molar-refractivity contribution in [2.75, 3.05) is 6.54 Å². The van der Waals surface area contributed by atoms with E-state index in [9.17, 15) is 18.0 Å². The number of aliphatic hydroxyl groups excluding tert-OH is 1. The topological polar surface area (TPSA) is 61.4 Å². The molecule has 0 saturated carbocycles. The number of carbonyl (C=O) groups is 1. The molecule has 1 aromatic carbocycles. The van der Waals surface area contributed by atoms with Gasteiger partial charge in [-0.15, -0.1) is 0 Å².